The number of benzene rings is 2. The number of hydrogen-bond acceptors (Lipinski definition) is 4. The maximum Gasteiger partial charge on any atom is 0.256 e. The zero-order valence-corrected chi connectivity index (χ0v) is 19.7. The number of rotatable bonds is 5. The van der Waals surface area contributed by atoms with E-state index in [0.717, 1.165) is 63.1 Å². The zero-order valence-electron chi connectivity index (χ0n) is 19.7. The van der Waals surface area contributed by atoms with Crippen LogP contribution in [0, 0.1) is 0 Å². The number of likely N-dealkylation sites (tertiary alicyclic amines) is 1. The Bertz CT molecular complexity index is 956. The normalized spacial score (nSPS) is 18.0. The van der Waals surface area contributed by atoms with Crippen molar-refractivity contribution in [2.75, 3.05) is 49.9 Å². The van der Waals surface area contributed by atoms with Crippen LogP contribution in [0.2, 0.25) is 0 Å². The molecule has 33 heavy (non-hydrogen) atoms. The van der Waals surface area contributed by atoms with Crippen molar-refractivity contribution in [1.82, 2.24) is 9.80 Å². The summed E-state index contributed by atoms with van der Waals surface area (Å²) in [6.45, 7) is 6.62. The summed E-state index contributed by atoms with van der Waals surface area (Å²) in [5.74, 6) is 0.169. The van der Waals surface area contributed by atoms with Gasteiger partial charge in [0.15, 0.2) is 0 Å². The highest BCUT2D eigenvalue weighted by Crippen LogP contribution is 2.28. The monoisotopic (exact) mass is 448 g/mol. The average Bonchev–Trinajstić information content (AvgIpc) is 3.11. The fourth-order valence-corrected chi connectivity index (χ4v) is 5.11. The molecule has 2 aromatic rings. The van der Waals surface area contributed by atoms with E-state index in [1.54, 1.807) is 0 Å². The maximum atomic E-state index is 13.4. The van der Waals surface area contributed by atoms with Gasteiger partial charge in [0, 0.05) is 50.6 Å². The summed E-state index contributed by atoms with van der Waals surface area (Å²) in [6, 6.07) is 15.7. The van der Waals surface area contributed by atoms with Gasteiger partial charge in [-0.05, 0) is 55.9 Å². The molecule has 0 saturated carbocycles. The van der Waals surface area contributed by atoms with Crippen LogP contribution in [0.4, 0.5) is 11.4 Å². The van der Waals surface area contributed by atoms with E-state index in [9.17, 15) is 9.59 Å². The van der Waals surface area contributed by atoms with Crippen molar-refractivity contribution < 1.29 is 9.59 Å². The predicted octanol–water partition coefficient (Wildman–Crippen LogP) is 4.13. The summed E-state index contributed by atoms with van der Waals surface area (Å²) in [4.78, 5) is 32.9. The molecule has 2 aromatic carbocycles. The standard InChI is InChI=1S/C27H36N4O2/c1-2-23(21-10-5-3-6-11-21)26(32)31-17-9-16-29(18-19-31)25-13-12-22(28)20-24(25)27(33)30-14-7-4-8-15-30/h3,5-6,10-13,20,23H,2,4,7-9,14-19,28H2,1H3. The number of amides is 2. The minimum absolute atomic E-state index is 0.0734. The molecule has 2 aliphatic heterocycles. The smallest absolute Gasteiger partial charge is 0.256 e. The number of carbonyl (C=O) groups is 2. The van der Waals surface area contributed by atoms with E-state index >= 15 is 0 Å². The molecular formula is C27H36N4O2. The van der Waals surface area contributed by atoms with Crippen LogP contribution in [-0.2, 0) is 4.79 Å². The topological polar surface area (TPSA) is 69.9 Å². The summed E-state index contributed by atoms with van der Waals surface area (Å²) < 4.78 is 0. The van der Waals surface area contributed by atoms with E-state index in [4.69, 9.17) is 5.73 Å². The number of hydrogen-bond donors (Lipinski definition) is 1. The van der Waals surface area contributed by atoms with Gasteiger partial charge >= 0.3 is 0 Å². The summed E-state index contributed by atoms with van der Waals surface area (Å²) in [5, 5.41) is 0. The van der Waals surface area contributed by atoms with Gasteiger partial charge < -0.3 is 20.4 Å². The van der Waals surface area contributed by atoms with Gasteiger partial charge in [-0.25, -0.2) is 0 Å². The molecule has 6 heteroatoms. The molecule has 2 amide bonds. The minimum Gasteiger partial charge on any atom is -0.399 e. The molecule has 0 spiro atoms. The molecule has 6 nitrogen and oxygen atoms in total. The summed E-state index contributed by atoms with van der Waals surface area (Å²) >= 11 is 0. The second kappa shape index (κ2) is 10.7. The highest BCUT2D eigenvalue weighted by molar-refractivity contribution is 6.00. The van der Waals surface area contributed by atoms with Crippen LogP contribution in [-0.4, -0.2) is 60.9 Å². The van der Waals surface area contributed by atoms with Gasteiger partial charge in [0.1, 0.15) is 0 Å². The minimum atomic E-state index is -0.106. The molecule has 2 aliphatic rings. The van der Waals surface area contributed by atoms with Gasteiger partial charge in [-0.1, -0.05) is 37.3 Å². The number of anilines is 2. The van der Waals surface area contributed by atoms with E-state index in [2.05, 4.69) is 11.8 Å². The van der Waals surface area contributed by atoms with Crippen LogP contribution < -0.4 is 10.6 Å². The van der Waals surface area contributed by atoms with Gasteiger partial charge in [-0.15, -0.1) is 0 Å². The lowest BCUT2D eigenvalue weighted by molar-refractivity contribution is -0.132. The highest BCUT2D eigenvalue weighted by Gasteiger charge is 2.28. The van der Waals surface area contributed by atoms with Crippen molar-refractivity contribution in [3.05, 3.63) is 59.7 Å². The maximum absolute atomic E-state index is 13.4. The van der Waals surface area contributed by atoms with E-state index in [1.165, 1.54) is 6.42 Å². The molecule has 176 valence electrons. The van der Waals surface area contributed by atoms with Crippen molar-refractivity contribution in [3.8, 4) is 0 Å². The van der Waals surface area contributed by atoms with Gasteiger partial charge in [-0.3, -0.25) is 9.59 Å². The molecule has 0 aromatic heterocycles. The molecule has 1 unspecified atom stereocenters. The van der Waals surface area contributed by atoms with E-state index < -0.39 is 0 Å². The molecule has 4 rings (SSSR count). The SMILES string of the molecule is CCC(C(=O)N1CCCN(c2ccc(N)cc2C(=O)N2CCCCC2)CC1)c1ccccc1. The summed E-state index contributed by atoms with van der Waals surface area (Å²) in [5.41, 5.74) is 9.39. The molecule has 2 heterocycles. The second-order valence-corrected chi connectivity index (χ2v) is 9.17. The zero-order chi connectivity index (χ0) is 23.2. The Hall–Kier alpha value is -3.02. The molecule has 2 saturated heterocycles. The fraction of sp³-hybridized carbons (Fsp3) is 0.481. The molecule has 2 fully saturated rings. The molecule has 0 bridgehead atoms. The van der Waals surface area contributed by atoms with Crippen LogP contribution in [0.1, 0.15) is 60.9 Å². The van der Waals surface area contributed by atoms with Crippen LogP contribution in [0.25, 0.3) is 0 Å². The first-order valence-electron chi connectivity index (χ1n) is 12.4. The third-order valence-corrected chi connectivity index (χ3v) is 6.95. The van der Waals surface area contributed by atoms with Gasteiger partial charge in [0.05, 0.1) is 11.5 Å². The largest absolute Gasteiger partial charge is 0.399 e. The van der Waals surface area contributed by atoms with E-state index in [0.29, 0.717) is 24.3 Å². The Morgan fingerprint density at radius 2 is 1.58 bits per heavy atom. The van der Waals surface area contributed by atoms with Gasteiger partial charge in [-0.2, -0.15) is 0 Å². The Labute approximate surface area is 197 Å². The third kappa shape index (κ3) is 5.32. The molecule has 2 N–H and O–H groups in total. The average molecular weight is 449 g/mol. The highest BCUT2D eigenvalue weighted by atomic mass is 16.2. The first-order chi connectivity index (χ1) is 16.1. The first kappa shape index (κ1) is 23.1. The Morgan fingerprint density at radius 1 is 0.848 bits per heavy atom. The van der Waals surface area contributed by atoms with Crippen LogP contribution >= 0.6 is 0 Å². The number of nitrogens with two attached hydrogens (primary N) is 1. The van der Waals surface area contributed by atoms with Crippen molar-refractivity contribution in [1.29, 1.82) is 0 Å². The number of piperidine rings is 1. The van der Waals surface area contributed by atoms with Crippen LogP contribution in [0.15, 0.2) is 48.5 Å². The number of carbonyl (C=O) groups excluding carboxylic acids is 2. The van der Waals surface area contributed by atoms with Crippen molar-refractivity contribution in [2.45, 2.75) is 44.9 Å². The van der Waals surface area contributed by atoms with Crippen LogP contribution in [0.5, 0.6) is 0 Å². The second-order valence-electron chi connectivity index (χ2n) is 9.17. The summed E-state index contributed by atoms with van der Waals surface area (Å²) in [6.07, 6.45) is 4.97. The van der Waals surface area contributed by atoms with Gasteiger partial charge in [0.25, 0.3) is 5.91 Å². The molecule has 0 radical (unpaired) electrons. The Morgan fingerprint density at radius 3 is 2.30 bits per heavy atom. The Balaban J connectivity index is 1.50. The quantitative estimate of drug-likeness (QED) is 0.699. The predicted molar refractivity (Wildman–Crippen MR) is 133 cm³/mol. The summed E-state index contributed by atoms with van der Waals surface area (Å²) in [7, 11) is 0. The molecular weight excluding hydrogens is 412 g/mol. The lowest BCUT2D eigenvalue weighted by Gasteiger charge is -2.30. The fourth-order valence-electron chi connectivity index (χ4n) is 5.11. The molecule has 0 aliphatic carbocycles. The van der Waals surface area contributed by atoms with Gasteiger partial charge in [0.2, 0.25) is 5.91 Å². The first-order valence-corrected chi connectivity index (χ1v) is 12.4. The van der Waals surface area contributed by atoms with Crippen molar-refractivity contribution in [2.24, 2.45) is 0 Å². The lowest BCUT2D eigenvalue weighted by atomic mass is 9.95. The Kier molecular flexibility index (Phi) is 7.53. The third-order valence-electron chi connectivity index (χ3n) is 6.95. The van der Waals surface area contributed by atoms with Crippen LogP contribution in [0.3, 0.4) is 0 Å². The van der Waals surface area contributed by atoms with E-state index in [1.807, 2.05) is 58.3 Å². The molecule has 1 atom stereocenters. The van der Waals surface area contributed by atoms with Crippen molar-refractivity contribution in [3.63, 3.8) is 0 Å². The van der Waals surface area contributed by atoms with E-state index in [-0.39, 0.29) is 17.7 Å². The number of nitrogens with zero attached hydrogens (tertiary/aromatic N) is 3. The van der Waals surface area contributed by atoms with Crippen molar-refractivity contribution >= 4 is 23.2 Å². The number of nitrogen functional groups attached to an aromatic ring is 1. The lowest BCUT2D eigenvalue weighted by Crippen LogP contribution is -2.39.